The van der Waals surface area contributed by atoms with Gasteiger partial charge in [-0.3, -0.25) is 0 Å². The van der Waals surface area contributed by atoms with E-state index in [1.54, 1.807) is 12.1 Å². The number of nitrogens with zero attached hydrogens (tertiary/aromatic N) is 1. The number of carbonyl (C=O) groups is 1. The van der Waals surface area contributed by atoms with Crippen LogP contribution in [0.5, 0.6) is 5.75 Å². The summed E-state index contributed by atoms with van der Waals surface area (Å²) in [5.74, 6) is 0.162. The molecule has 1 aliphatic heterocycles. The molecule has 6 nitrogen and oxygen atoms in total. The third-order valence-electron chi connectivity index (χ3n) is 4.62. The molecule has 0 aromatic heterocycles. The predicted molar refractivity (Wildman–Crippen MR) is 108 cm³/mol. The first-order chi connectivity index (χ1) is 13.2. The Morgan fingerprint density at radius 3 is 2.52 bits per heavy atom. The van der Waals surface area contributed by atoms with Crippen LogP contribution in [0.4, 0.5) is 21.9 Å². The van der Waals surface area contributed by atoms with Crippen LogP contribution in [-0.4, -0.2) is 37.4 Å². The Labute approximate surface area is 157 Å². The van der Waals surface area contributed by atoms with Crippen molar-refractivity contribution >= 4 is 33.9 Å². The monoisotopic (exact) mass is 363 g/mol. The van der Waals surface area contributed by atoms with Gasteiger partial charge in [-0.25, -0.2) is 4.79 Å². The Balaban J connectivity index is 1.55. The number of phenolic OH excluding ortho intramolecular Hbond substituents is 1. The molecule has 27 heavy (non-hydrogen) atoms. The van der Waals surface area contributed by atoms with E-state index < -0.39 is 0 Å². The van der Waals surface area contributed by atoms with Gasteiger partial charge in [-0.05, 0) is 35.7 Å². The van der Waals surface area contributed by atoms with Gasteiger partial charge in [-0.1, -0.05) is 30.3 Å². The van der Waals surface area contributed by atoms with Gasteiger partial charge in [0.05, 0.1) is 30.3 Å². The minimum Gasteiger partial charge on any atom is -0.508 e. The molecule has 0 bridgehead atoms. The van der Waals surface area contributed by atoms with Crippen molar-refractivity contribution in [3.05, 3.63) is 60.7 Å². The van der Waals surface area contributed by atoms with E-state index in [2.05, 4.69) is 15.5 Å². The molecule has 4 rings (SSSR count). The molecule has 2 amide bonds. The summed E-state index contributed by atoms with van der Waals surface area (Å²) in [5, 5.41) is 17.3. The fraction of sp³-hybridized carbons (Fsp3) is 0.190. The van der Waals surface area contributed by atoms with Crippen molar-refractivity contribution < 1.29 is 14.6 Å². The van der Waals surface area contributed by atoms with Crippen LogP contribution in [0.3, 0.4) is 0 Å². The van der Waals surface area contributed by atoms with Crippen LogP contribution in [0.1, 0.15) is 0 Å². The summed E-state index contributed by atoms with van der Waals surface area (Å²) in [6, 6.07) is 18.1. The smallest absolute Gasteiger partial charge is 0.323 e. The van der Waals surface area contributed by atoms with Crippen molar-refractivity contribution in [1.29, 1.82) is 0 Å². The van der Waals surface area contributed by atoms with Crippen LogP contribution in [0.2, 0.25) is 0 Å². The minimum absolute atomic E-state index is 0.162. The van der Waals surface area contributed by atoms with Gasteiger partial charge in [0.1, 0.15) is 5.75 Å². The maximum atomic E-state index is 12.6. The van der Waals surface area contributed by atoms with Gasteiger partial charge in [0.2, 0.25) is 0 Å². The lowest BCUT2D eigenvalue weighted by Gasteiger charge is -2.30. The SMILES string of the molecule is O=C(Nc1ccccc1N1CCOCC1)Nc1cccc2ccc(O)cc12. The number of benzene rings is 3. The fourth-order valence-corrected chi connectivity index (χ4v) is 3.30. The molecule has 138 valence electrons. The van der Waals surface area contributed by atoms with Crippen LogP contribution in [-0.2, 0) is 4.74 Å². The molecule has 1 aliphatic rings. The molecule has 3 aromatic rings. The second-order valence-electron chi connectivity index (χ2n) is 6.41. The Hall–Kier alpha value is -3.25. The van der Waals surface area contributed by atoms with Crippen LogP contribution in [0, 0.1) is 0 Å². The Kier molecular flexibility index (Phi) is 4.80. The highest BCUT2D eigenvalue weighted by Crippen LogP contribution is 2.29. The second-order valence-corrected chi connectivity index (χ2v) is 6.41. The predicted octanol–water partition coefficient (Wildman–Crippen LogP) is 4.03. The van der Waals surface area contributed by atoms with Gasteiger partial charge in [-0.2, -0.15) is 0 Å². The van der Waals surface area contributed by atoms with Gasteiger partial charge >= 0.3 is 6.03 Å². The first-order valence-corrected chi connectivity index (χ1v) is 8.92. The molecule has 3 N–H and O–H groups in total. The van der Waals surface area contributed by atoms with Crippen LogP contribution in [0.25, 0.3) is 10.8 Å². The third-order valence-corrected chi connectivity index (χ3v) is 4.62. The van der Waals surface area contributed by atoms with Crippen molar-refractivity contribution in [3.8, 4) is 5.75 Å². The van der Waals surface area contributed by atoms with Crippen molar-refractivity contribution in [3.63, 3.8) is 0 Å². The quantitative estimate of drug-likeness (QED) is 0.657. The fourth-order valence-electron chi connectivity index (χ4n) is 3.30. The van der Waals surface area contributed by atoms with E-state index in [-0.39, 0.29) is 11.8 Å². The molecule has 1 fully saturated rings. The average Bonchev–Trinajstić information content (AvgIpc) is 2.69. The van der Waals surface area contributed by atoms with Crippen molar-refractivity contribution in [2.75, 3.05) is 41.8 Å². The number of aromatic hydroxyl groups is 1. The van der Waals surface area contributed by atoms with Crippen molar-refractivity contribution in [2.45, 2.75) is 0 Å². The van der Waals surface area contributed by atoms with E-state index in [0.717, 1.165) is 35.2 Å². The molecule has 0 saturated carbocycles. The summed E-state index contributed by atoms with van der Waals surface area (Å²) in [5.41, 5.74) is 2.37. The van der Waals surface area contributed by atoms with Crippen LogP contribution in [0.15, 0.2) is 60.7 Å². The lowest BCUT2D eigenvalue weighted by Crippen LogP contribution is -2.37. The number of fused-ring (bicyclic) bond motifs is 1. The van der Waals surface area contributed by atoms with E-state index in [9.17, 15) is 9.90 Å². The van der Waals surface area contributed by atoms with Crippen molar-refractivity contribution in [1.82, 2.24) is 0 Å². The van der Waals surface area contributed by atoms with E-state index in [4.69, 9.17) is 4.74 Å². The average molecular weight is 363 g/mol. The van der Waals surface area contributed by atoms with Crippen LogP contribution >= 0.6 is 0 Å². The number of hydrogen-bond acceptors (Lipinski definition) is 4. The summed E-state index contributed by atoms with van der Waals surface area (Å²) in [6.45, 7) is 2.95. The summed E-state index contributed by atoms with van der Waals surface area (Å²) < 4.78 is 5.41. The van der Waals surface area contributed by atoms with E-state index in [0.29, 0.717) is 18.9 Å². The first kappa shape index (κ1) is 17.2. The number of para-hydroxylation sites is 2. The molecule has 3 aromatic carbocycles. The number of amides is 2. The number of morpholine rings is 1. The van der Waals surface area contributed by atoms with Gasteiger partial charge in [0.25, 0.3) is 0 Å². The lowest BCUT2D eigenvalue weighted by atomic mass is 10.1. The molecule has 1 saturated heterocycles. The number of phenols is 1. The molecule has 6 heteroatoms. The summed E-state index contributed by atoms with van der Waals surface area (Å²) >= 11 is 0. The third kappa shape index (κ3) is 3.80. The second kappa shape index (κ2) is 7.55. The maximum absolute atomic E-state index is 12.6. The van der Waals surface area contributed by atoms with E-state index >= 15 is 0 Å². The first-order valence-electron chi connectivity index (χ1n) is 8.92. The van der Waals surface area contributed by atoms with Gasteiger partial charge < -0.3 is 25.4 Å². The van der Waals surface area contributed by atoms with Gasteiger partial charge in [0, 0.05) is 18.5 Å². The summed E-state index contributed by atoms with van der Waals surface area (Å²) in [7, 11) is 0. The van der Waals surface area contributed by atoms with Gasteiger partial charge in [0.15, 0.2) is 0 Å². The molecular weight excluding hydrogens is 342 g/mol. The highest BCUT2D eigenvalue weighted by Gasteiger charge is 2.16. The molecular formula is C21H21N3O3. The number of hydrogen-bond donors (Lipinski definition) is 3. The molecule has 0 spiro atoms. The molecule has 1 heterocycles. The zero-order valence-corrected chi connectivity index (χ0v) is 14.8. The summed E-state index contributed by atoms with van der Waals surface area (Å²) in [6.07, 6.45) is 0. The maximum Gasteiger partial charge on any atom is 0.323 e. The van der Waals surface area contributed by atoms with E-state index in [1.807, 2.05) is 48.5 Å². The van der Waals surface area contributed by atoms with E-state index in [1.165, 1.54) is 0 Å². The van der Waals surface area contributed by atoms with Crippen LogP contribution < -0.4 is 15.5 Å². The highest BCUT2D eigenvalue weighted by atomic mass is 16.5. The number of carbonyl (C=O) groups excluding carboxylic acids is 1. The number of urea groups is 1. The zero-order valence-electron chi connectivity index (χ0n) is 14.8. The standard InChI is InChI=1S/C21H21N3O3/c25-16-9-8-15-4-3-6-18(17(15)14-16)22-21(26)23-19-5-1-2-7-20(19)24-10-12-27-13-11-24/h1-9,14,25H,10-13H2,(H2,22,23,26). The molecule has 0 atom stereocenters. The topological polar surface area (TPSA) is 73.8 Å². The lowest BCUT2D eigenvalue weighted by molar-refractivity contribution is 0.123. The number of ether oxygens (including phenoxy) is 1. The minimum atomic E-state index is -0.327. The molecule has 0 unspecified atom stereocenters. The Morgan fingerprint density at radius 1 is 0.926 bits per heavy atom. The number of anilines is 3. The molecule has 0 aliphatic carbocycles. The number of nitrogens with one attached hydrogen (secondary N) is 2. The largest absolute Gasteiger partial charge is 0.508 e. The summed E-state index contributed by atoms with van der Waals surface area (Å²) in [4.78, 5) is 14.8. The Morgan fingerprint density at radius 2 is 1.67 bits per heavy atom. The normalized spacial score (nSPS) is 14.1. The van der Waals surface area contributed by atoms with Crippen molar-refractivity contribution in [2.24, 2.45) is 0 Å². The Bertz CT molecular complexity index is 968. The number of rotatable bonds is 3. The molecule has 0 radical (unpaired) electrons. The highest BCUT2D eigenvalue weighted by molar-refractivity contribution is 6.07. The zero-order chi connectivity index (χ0) is 18.6. The van der Waals surface area contributed by atoms with Gasteiger partial charge in [-0.15, -0.1) is 0 Å².